The van der Waals surface area contributed by atoms with Crippen LogP contribution in [0.1, 0.15) is 11.7 Å². The number of rotatable bonds is 2. The predicted octanol–water partition coefficient (Wildman–Crippen LogP) is 2.81. The van der Waals surface area contributed by atoms with Gasteiger partial charge in [-0.3, -0.25) is 9.88 Å². The number of aromatic nitrogens is 3. The summed E-state index contributed by atoms with van der Waals surface area (Å²) in [5.74, 6) is 1.84. The number of aromatic amines is 1. The van der Waals surface area contributed by atoms with Gasteiger partial charge in [-0.25, -0.2) is 9.98 Å². The van der Waals surface area contributed by atoms with Gasteiger partial charge in [-0.05, 0) is 30.3 Å². The molecule has 0 saturated carbocycles. The number of ether oxygens (including phenoxy) is 1. The second-order valence-corrected chi connectivity index (χ2v) is 5.96. The highest BCUT2D eigenvalue weighted by molar-refractivity contribution is 5.95. The first-order valence-electron chi connectivity index (χ1n) is 7.97. The Morgan fingerprint density at radius 2 is 2.08 bits per heavy atom. The maximum Gasteiger partial charge on any atom is 0.212 e. The molecule has 1 aliphatic heterocycles. The Morgan fingerprint density at radius 3 is 2.96 bits per heavy atom. The van der Waals surface area contributed by atoms with E-state index in [0.717, 1.165) is 33.2 Å². The van der Waals surface area contributed by atoms with E-state index < -0.39 is 0 Å². The van der Waals surface area contributed by atoms with Crippen LogP contribution in [0, 0.1) is 0 Å². The maximum absolute atomic E-state index is 6.02. The third kappa shape index (κ3) is 1.99. The molecule has 4 N–H and O–H groups in total. The minimum Gasteiger partial charge on any atom is -0.497 e. The van der Waals surface area contributed by atoms with Gasteiger partial charge in [0, 0.05) is 22.7 Å². The molecule has 0 spiro atoms. The first-order chi connectivity index (χ1) is 12.2. The van der Waals surface area contributed by atoms with Crippen LogP contribution in [0.25, 0.3) is 21.9 Å². The van der Waals surface area contributed by atoms with Crippen molar-refractivity contribution in [3.05, 3.63) is 54.2 Å². The number of para-hydroxylation sites is 2. The van der Waals surface area contributed by atoms with Crippen LogP contribution in [0.2, 0.25) is 0 Å². The van der Waals surface area contributed by atoms with Gasteiger partial charge in [0.05, 0.1) is 18.1 Å². The van der Waals surface area contributed by atoms with Gasteiger partial charge < -0.3 is 15.5 Å². The van der Waals surface area contributed by atoms with Crippen LogP contribution < -0.4 is 15.8 Å². The third-order valence-electron chi connectivity index (χ3n) is 4.54. The first kappa shape index (κ1) is 13.9. The van der Waals surface area contributed by atoms with Gasteiger partial charge in [0.2, 0.25) is 5.95 Å². The number of hydrogen-bond acceptors (Lipinski definition) is 5. The molecule has 2 aromatic heterocycles. The van der Waals surface area contributed by atoms with Crippen LogP contribution in [0.4, 0.5) is 5.95 Å². The van der Waals surface area contributed by atoms with E-state index in [0.29, 0.717) is 11.9 Å². The molecule has 1 atom stereocenters. The van der Waals surface area contributed by atoms with E-state index in [1.165, 1.54) is 0 Å². The van der Waals surface area contributed by atoms with E-state index >= 15 is 0 Å². The minimum atomic E-state index is -0.301. The number of nitrogens with two attached hydrogens (primary N) is 1. The van der Waals surface area contributed by atoms with Gasteiger partial charge in [0.1, 0.15) is 5.75 Å². The van der Waals surface area contributed by atoms with Crippen LogP contribution in [0.5, 0.6) is 5.75 Å². The molecule has 0 radical (unpaired) electrons. The number of H-pyrrole nitrogens is 1. The summed E-state index contributed by atoms with van der Waals surface area (Å²) < 4.78 is 7.44. The molecule has 0 fully saturated rings. The van der Waals surface area contributed by atoms with Gasteiger partial charge in [-0.2, -0.15) is 0 Å². The molecule has 0 amide bonds. The Morgan fingerprint density at radius 1 is 1.20 bits per heavy atom. The van der Waals surface area contributed by atoms with Gasteiger partial charge >= 0.3 is 0 Å². The quantitative estimate of drug-likeness (QED) is 0.526. The van der Waals surface area contributed by atoms with Gasteiger partial charge in [-0.15, -0.1) is 0 Å². The summed E-state index contributed by atoms with van der Waals surface area (Å²) >= 11 is 0. The molecule has 3 heterocycles. The number of benzene rings is 2. The Labute approximate surface area is 143 Å². The summed E-state index contributed by atoms with van der Waals surface area (Å²) in [4.78, 5) is 12.6. The molecule has 0 bridgehead atoms. The Bertz CT molecular complexity index is 1140. The summed E-state index contributed by atoms with van der Waals surface area (Å²) in [6, 6.07) is 13.9. The van der Waals surface area contributed by atoms with Crippen LogP contribution >= 0.6 is 0 Å². The maximum atomic E-state index is 6.02. The molecule has 4 aromatic rings. The average molecular weight is 332 g/mol. The standard InChI is InChI=1S/C18H16N6O/c1-25-10-6-7-13-11(8-10)12(9-20-13)16-22-17(19)23-18-21-14-4-2-3-5-15(14)24(16)18/h2-9,16,20H,1H3,(H3,19,21,22,23)/t16-/m0/s1. The fourth-order valence-corrected chi connectivity index (χ4v) is 3.39. The zero-order chi connectivity index (χ0) is 17.0. The monoisotopic (exact) mass is 332 g/mol. The average Bonchev–Trinajstić information content (AvgIpc) is 3.21. The molecule has 5 rings (SSSR count). The van der Waals surface area contributed by atoms with E-state index in [2.05, 4.69) is 24.8 Å². The van der Waals surface area contributed by atoms with Crippen molar-refractivity contribution in [2.24, 2.45) is 10.7 Å². The zero-order valence-corrected chi connectivity index (χ0v) is 13.5. The summed E-state index contributed by atoms with van der Waals surface area (Å²) in [6.45, 7) is 0. The largest absolute Gasteiger partial charge is 0.497 e. The number of fused-ring (bicyclic) bond motifs is 4. The number of aliphatic imine (C=N–C) groups is 1. The van der Waals surface area contributed by atoms with Crippen LogP contribution in [0.3, 0.4) is 0 Å². The smallest absolute Gasteiger partial charge is 0.212 e. The molecular formula is C18H16N6O. The summed E-state index contributed by atoms with van der Waals surface area (Å²) in [6.07, 6.45) is 1.67. The van der Waals surface area contributed by atoms with Crippen molar-refractivity contribution in [1.82, 2.24) is 14.5 Å². The first-order valence-corrected chi connectivity index (χ1v) is 7.97. The van der Waals surface area contributed by atoms with Crippen molar-refractivity contribution >= 4 is 33.8 Å². The van der Waals surface area contributed by atoms with E-state index in [1.54, 1.807) is 7.11 Å². The Hall–Kier alpha value is -3.48. The number of hydrogen-bond donors (Lipinski definition) is 3. The fourth-order valence-electron chi connectivity index (χ4n) is 3.39. The molecule has 0 unspecified atom stereocenters. The lowest BCUT2D eigenvalue weighted by atomic mass is 10.1. The van der Waals surface area contributed by atoms with Crippen LogP contribution in [-0.4, -0.2) is 27.6 Å². The van der Waals surface area contributed by atoms with Crippen molar-refractivity contribution < 1.29 is 4.74 Å². The lowest BCUT2D eigenvalue weighted by Crippen LogP contribution is -2.31. The highest BCUT2D eigenvalue weighted by Crippen LogP contribution is 2.36. The van der Waals surface area contributed by atoms with Crippen molar-refractivity contribution in [3.63, 3.8) is 0 Å². The van der Waals surface area contributed by atoms with Crippen molar-refractivity contribution in [3.8, 4) is 5.75 Å². The Kier molecular flexibility index (Phi) is 2.79. The summed E-state index contributed by atoms with van der Waals surface area (Å²) in [7, 11) is 1.66. The van der Waals surface area contributed by atoms with Crippen molar-refractivity contribution in [1.29, 1.82) is 0 Å². The van der Waals surface area contributed by atoms with E-state index in [9.17, 15) is 0 Å². The number of imidazole rings is 1. The second-order valence-electron chi connectivity index (χ2n) is 5.96. The van der Waals surface area contributed by atoms with Gasteiger partial charge in [-0.1, -0.05) is 12.1 Å². The lowest BCUT2D eigenvalue weighted by Gasteiger charge is -2.23. The van der Waals surface area contributed by atoms with E-state index in [-0.39, 0.29) is 6.17 Å². The van der Waals surface area contributed by atoms with Crippen LogP contribution in [0.15, 0.2) is 53.7 Å². The normalized spacial score (nSPS) is 16.5. The Balaban J connectivity index is 1.78. The topological polar surface area (TPSA) is 93.2 Å². The number of anilines is 1. The molecule has 0 aliphatic carbocycles. The predicted molar refractivity (Wildman–Crippen MR) is 98.0 cm³/mol. The third-order valence-corrected chi connectivity index (χ3v) is 4.54. The highest BCUT2D eigenvalue weighted by atomic mass is 16.5. The van der Waals surface area contributed by atoms with Crippen molar-refractivity contribution in [2.45, 2.75) is 6.17 Å². The highest BCUT2D eigenvalue weighted by Gasteiger charge is 2.27. The van der Waals surface area contributed by atoms with Gasteiger partial charge in [0.25, 0.3) is 0 Å². The van der Waals surface area contributed by atoms with E-state index in [1.807, 2.05) is 48.7 Å². The number of methoxy groups -OCH3 is 1. The molecular weight excluding hydrogens is 316 g/mol. The van der Waals surface area contributed by atoms with E-state index in [4.69, 9.17) is 10.5 Å². The van der Waals surface area contributed by atoms with Gasteiger partial charge in [0.15, 0.2) is 12.1 Å². The molecule has 7 nitrogen and oxygen atoms in total. The minimum absolute atomic E-state index is 0.301. The molecule has 0 saturated heterocycles. The zero-order valence-electron chi connectivity index (χ0n) is 13.5. The SMILES string of the molecule is COc1ccc2[nH]cc([C@H]3N=C(N)Nc4nc5ccccc5n43)c2c1. The number of guanidine groups is 1. The lowest BCUT2D eigenvalue weighted by molar-refractivity contribution is 0.415. The summed E-state index contributed by atoms with van der Waals surface area (Å²) in [5, 5.41) is 4.10. The number of nitrogens with one attached hydrogen (secondary N) is 2. The van der Waals surface area contributed by atoms with Crippen molar-refractivity contribution in [2.75, 3.05) is 12.4 Å². The molecule has 1 aliphatic rings. The number of nitrogens with zero attached hydrogens (tertiary/aromatic N) is 3. The molecule has 124 valence electrons. The van der Waals surface area contributed by atoms with Crippen LogP contribution in [-0.2, 0) is 0 Å². The fraction of sp³-hybridized carbons (Fsp3) is 0.111. The molecule has 2 aromatic carbocycles. The second kappa shape index (κ2) is 5.01. The molecule has 25 heavy (non-hydrogen) atoms. The summed E-state index contributed by atoms with van der Waals surface area (Å²) in [5.41, 5.74) is 9.96. The molecule has 7 heteroatoms.